The summed E-state index contributed by atoms with van der Waals surface area (Å²) in [7, 11) is 0. The van der Waals surface area contributed by atoms with Gasteiger partial charge < -0.3 is 9.47 Å². The molecule has 0 aromatic heterocycles. The van der Waals surface area contributed by atoms with Gasteiger partial charge in [-0.1, -0.05) is 38.5 Å². The summed E-state index contributed by atoms with van der Waals surface area (Å²) in [4.78, 5) is 22.2. The predicted molar refractivity (Wildman–Crippen MR) is 79.9 cm³/mol. The van der Waals surface area contributed by atoms with Gasteiger partial charge in [0.05, 0.1) is 13.2 Å². The Morgan fingerprint density at radius 2 is 1.30 bits per heavy atom. The highest BCUT2D eigenvalue weighted by atomic mass is 35.5. The second-order valence-corrected chi connectivity index (χ2v) is 5.10. The molecule has 0 saturated carbocycles. The maximum Gasteiger partial charge on any atom is 0.317 e. The molecule has 0 radical (unpaired) electrons. The molecule has 5 heteroatoms. The normalized spacial score (nSPS) is 10.3. The van der Waals surface area contributed by atoms with E-state index in [0.29, 0.717) is 6.61 Å². The van der Waals surface area contributed by atoms with Crippen LogP contribution in [0.25, 0.3) is 0 Å². The summed E-state index contributed by atoms with van der Waals surface area (Å²) in [6.45, 7) is 2.39. The van der Waals surface area contributed by atoms with Gasteiger partial charge in [0, 0.05) is 5.88 Å². The number of ether oxygens (including phenoxy) is 2. The van der Waals surface area contributed by atoms with Gasteiger partial charge >= 0.3 is 11.9 Å². The third-order valence-corrected chi connectivity index (χ3v) is 3.15. The fourth-order valence-corrected chi connectivity index (χ4v) is 2.01. The van der Waals surface area contributed by atoms with Crippen molar-refractivity contribution in [3.63, 3.8) is 0 Å². The Morgan fingerprint density at radius 1 is 0.800 bits per heavy atom. The lowest BCUT2D eigenvalue weighted by Crippen LogP contribution is -2.14. The first kappa shape index (κ1) is 19.2. The topological polar surface area (TPSA) is 52.6 Å². The van der Waals surface area contributed by atoms with Gasteiger partial charge in [0.15, 0.2) is 0 Å². The van der Waals surface area contributed by atoms with Crippen LogP contribution in [0.4, 0.5) is 0 Å². The van der Waals surface area contributed by atoms with Gasteiger partial charge in [-0.2, -0.15) is 0 Å². The number of alkyl halides is 1. The average Bonchev–Trinajstić information content (AvgIpc) is 2.41. The summed E-state index contributed by atoms with van der Waals surface area (Å²) in [5.74, 6) is -0.254. The van der Waals surface area contributed by atoms with E-state index >= 15 is 0 Å². The number of carbonyl (C=O) groups is 2. The molecule has 20 heavy (non-hydrogen) atoms. The van der Waals surface area contributed by atoms with E-state index in [1.165, 1.54) is 25.7 Å². The Kier molecular flexibility index (Phi) is 14.1. The van der Waals surface area contributed by atoms with Gasteiger partial charge in [-0.25, -0.2) is 0 Å². The van der Waals surface area contributed by atoms with Crippen molar-refractivity contribution in [3.8, 4) is 0 Å². The number of halogens is 1. The van der Waals surface area contributed by atoms with Crippen LogP contribution in [0.2, 0.25) is 0 Å². The van der Waals surface area contributed by atoms with Crippen molar-refractivity contribution in [1.29, 1.82) is 0 Å². The van der Waals surface area contributed by atoms with Gasteiger partial charge in [-0.3, -0.25) is 9.59 Å². The summed E-state index contributed by atoms with van der Waals surface area (Å²) in [5, 5.41) is 0. The van der Waals surface area contributed by atoms with Gasteiger partial charge in [0.1, 0.15) is 6.42 Å². The Hall–Kier alpha value is -0.770. The lowest BCUT2D eigenvalue weighted by molar-refractivity contribution is -0.154. The summed E-state index contributed by atoms with van der Waals surface area (Å²) >= 11 is 5.60. The van der Waals surface area contributed by atoms with Crippen molar-refractivity contribution in [2.24, 2.45) is 0 Å². The van der Waals surface area contributed by atoms with E-state index in [4.69, 9.17) is 16.3 Å². The minimum absolute atomic E-state index is 0.283. The third-order valence-electron chi connectivity index (χ3n) is 2.89. The van der Waals surface area contributed by atoms with Crippen molar-refractivity contribution < 1.29 is 19.1 Å². The van der Waals surface area contributed by atoms with Crippen LogP contribution in [-0.4, -0.2) is 31.0 Å². The van der Waals surface area contributed by atoms with Crippen LogP contribution in [0.1, 0.15) is 64.7 Å². The second kappa shape index (κ2) is 14.6. The van der Waals surface area contributed by atoms with Gasteiger partial charge in [0.2, 0.25) is 0 Å². The van der Waals surface area contributed by atoms with Crippen LogP contribution in [0.15, 0.2) is 0 Å². The van der Waals surface area contributed by atoms with Gasteiger partial charge in [0.25, 0.3) is 0 Å². The van der Waals surface area contributed by atoms with E-state index in [1.807, 2.05) is 0 Å². The van der Waals surface area contributed by atoms with Gasteiger partial charge in [-0.05, 0) is 19.8 Å². The molecule has 0 aliphatic heterocycles. The van der Waals surface area contributed by atoms with E-state index < -0.39 is 11.9 Å². The monoisotopic (exact) mass is 306 g/mol. The van der Waals surface area contributed by atoms with Crippen LogP contribution < -0.4 is 0 Å². The molecule has 0 aromatic rings. The Balaban J connectivity index is 3.23. The highest BCUT2D eigenvalue weighted by Gasteiger charge is 2.10. The van der Waals surface area contributed by atoms with E-state index in [-0.39, 0.29) is 13.0 Å². The summed E-state index contributed by atoms with van der Waals surface area (Å²) in [6.07, 6.45) is 8.84. The van der Waals surface area contributed by atoms with Crippen molar-refractivity contribution in [3.05, 3.63) is 0 Å². The van der Waals surface area contributed by atoms with Crippen LogP contribution >= 0.6 is 11.6 Å². The van der Waals surface area contributed by atoms with E-state index in [1.54, 1.807) is 6.92 Å². The van der Waals surface area contributed by atoms with E-state index in [0.717, 1.165) is 31.6 Å². The number of esters is 2. The maximum atomic E-state index is 11.2. The molecule has 0 amide bonds. The molecule has 0 aromatic carbocycles. The molecule has 0 unspecified atom stereocenters. The lowest BCUT2D eigenvalue weighted by Gasteiger charge is -2.05. The smallest absolute Gasteiger partial charge is 0.317 e. The SMILES string of the molecule is CCOC(=O)CC(=O)OCCCCCCCCCCCl. The molecule has 0 heterocycles. The number of hydrogen-bond donors (Lipinski definition) is 0. The molecule has 0 atom stereocenters. The quantitative estimate of drug-likeness (QED) is 0.224. The fraction of sp³-hybridized carbons (Fsp3) is 0.867. The van der Waals surface area contributed by atoms with Crippen LogP contribution in [-0.2, 0) is 19.1 Å². The highest BCUT2D eigenvalue weighted by molar-refractivity contribution is 6.17. The first-order valence-electron chi connectivity index (χ1n) is 7.58. The third kappa shape index (κ3) is 13.7. The predicted octanol–water partition coefficient (Wildman–Crippen LogP) is 3.84. The average molecular weight is 307 g/mol. The zero-order valence-electron chi connectivity index (χ0n) is 12.5. The molecule has 0 spiro atoms. The molecular formula is C15H27ClO4. The minimum Gasteiger partial charge on any atom is -0.466 e. The lowest BCUT2D eigenvalue weighted by atomic mass is 10.1. The molecule has 0 saturated heterocycles. The zero-order chi connectivity index (χ0) is 15.1. The number of rotatable bonds is 13. The molecule has 0 aliphatic carbocycles. The molecule has 0 N–H and O–H groups in total. The minimum atomic E-state index is -0.519. The molecule has 118 valence electrons. The first-order chi connectivity index (χ1) is 9.70. The summed E-state index contributed by atoms with van der Waals surface area (Å²) < 4.78 is 9.63. The van der Waals surface area contributed by atoms with Crippen molar-refractivity contribution in [2.75, 3.05) is 19.1 Å². The van der Waals surface area contributed by atoms with Crippen molar-refractivity contribution in [1.82, 2.24) is 0 Å². The van der Waals surface area contributed by atoms with Crippen molar-refractivity contribution >= 4 is 23.5 Å². The second-order valence-electron chi connectivity index (χ2n) is 4.72. The molecule has 0 aliphatic rings. The Morgan fingerprint density at radius 3 is 1.85 bits per heavy atom. The largest absolute Gasteiger partial charge is 0.466 e. The Bertz CT molecular complexity index is 256. The van der Waals surface area contributed by atoms with Crippen LogP contribution in [0, 0.1) is 0 Å². The maximum absolute atomic E-state index is 11.2. The standard InChI is InChI=1S/C15H27ClO4/c1-2-19-14(17)13-15(18)20-12-10-8-6-4-3-5-7-9-11-16/h2-13H2,1H3. The summed E-state index contributed by atoms with van der Waals surface area (Å²) in [5.41, 5.74) is 0. The first-order valence-corrected chi connectivity index (χ1v) is 8.11. The molecule has 0 fully saturated rings. The Labute approximate surface area is 127 Å². The van der Waals surface area contributed by atoms with Crippen LogP contribution in [0.5, 0.6) is 0 Å². The van der Waals surface area contributed by atoms with E-state index in [2.05, 4.69) is 4.74 Å². The highest BCUT2D eigenvalue weighted by Crippen LogP contribution is 2.09. The number of unbranched alkanes of at least 4 members (excludes halogenated alkanes) is 7. The molecule has 0 rings (SSSR count). The van der Waals surface area contributed by atoms with E-state index in [9.17, 15) is 9.59 Å². The molecular weight excluding hydrogens is 280 g/mol. The summed E-state index contributed by atoms with van der Waals surface area (Å²) in [6, 6.07) is 0. The van der Waals surface area contributed by atoms with Crippen LogP contribution in [0.3, 0.4) is 0 Å². The number of hydrogen-bond acceptors (Lipinski definition) is 4. The molecule has 0 bridgehead atoms. The molecule has 4 nitrogen and oxygen atoms in total. The number of carbonyl (C=O) groups excluding carboxylic acids is 2. The fourth-order valence-electron chi connectivity index (χ4n) is 1.82. The van der Waals surface area contributed by atoms with Crippen molar-refractivity contribution in [2.45, 2.75) is 64.7 Å². The van der Waals surface area contributed by atoms with Gasteiger partial charge in [-0.15, -0.1) is 11.6 Å². The zero-order valence-corrected chi connectivity index (χ0v) is 13.3.